The van der Waals surface area contributed by atoms with Crippen molar-refractivity contribution in [2.24, 2.45) is 0 Å². The van der Waals surface area contributed by atoms with Gasteiger partial charge in [-0.1, -0.05) is 303 Å². The van der Waals surface area contributed by atoms with Crippen LogP contribution < -0.4 is 0 Å². The molecule has 648 valence electrons. The van der Waals surface area contributed by atoms with E-state index in [9.17, 15) is 0 Å². The lowest BCUT2D eigenvalue weighted by atomic mass is 9.67. The highest BCUT2D eigenvalue weighted by Gasteiger charge is 2.51. The molecule has 0 fully saturated rings. The van der Waals surface area contributed by atoms with Crippen LogP contribution in [0.2, 0.25) is 0 Å². The second kappa shape index (κ2) is 28.9. The highest BCUT2D eigenvalue weighted by atomic mass is 32.2. The molecule has 0 unspecified atom stereocenters. The molecule has 2 aliphatic rings. The zero-order valence-corrected chi connectivity index (χ0v) is 77.7. The summed E-state index contributed by atoms with van der Waals surface area (Å²) in [6.07, 6.45) is 0. The molecule has 1 aliphatic heterocycles. The van der Waals surface area contributed by atoms with Gasteiger partial charge in [-0.3, -0.25) is 0 Å². The molecule has 0 saturated heterocycles. The maximum Gasteiger partial charge on any atom is 0.0736 e. The fraction of sp³-hybridized carbons (Fsp3) is 0.00763. The first-order valence-corrected chi connectivity index (χ1v) is 50.6. The van der Waals surface area contributed by atoms with E-state index in [1.54, 1.807) is 0 Å². The molecule has 1 aliphatic carbocycles. The Kier molecular flexibility index (Phi) is 15.9. The maximum atomic E-state index is 2.60. The van der Waals surface area contributed by atoms with Gasteiger partial charge in [0.25, 0.3) is 0 Å². The van der Waals surface area contributed by atoms with Gasteiger partial charge in [0.2, 0.25) is 0 Å². The summed E-state index contributed by atoms with van der Waals surface area (Å²) < 4.78 is 20.2. The van der Waals surface area contributed by atoms with Gasteiger partial charge in [-0.2, -0.15) is 0 Å². The molecule has 0 N–H and O–H groups in total. The molecule has 0 atom stereocenters. The number of benzene rings is 22. The Balaban J connectivity index is 0.606. The highest BCUT2D eigenvalue weighted by Crippen LogP contribution is 2.65. The van der Waals surface area contributed by atoms with E-state index in [0.717, 1.165) is 72.9 Å². The lowest BCUT2D eigenvalue weighted by molar-refractivity contribution is 0.723. The fourth-order valence-electron chi connectivity index (χ4n) is 25.3. The Morgan fingerprint density at radius 3 is 1.14 bits per heavy atom. The molecule has 8 aromatic heterocycles. The third-order valence-corrected chi connectivity index (χ3v) is 34.5. The summed E-state index contributed by atoms with van der Waals surface area (Å²) in [5.74, 6) is 0. The van der Waals surface area contributed by atoms with E-state index in [1.807, 2.05) is 34.4 Å². The van der Waals surface area contributed by atoms with Gasteiger partial charge in [0.05, 0.1) is 71.6 Å². The topological polar surface area (TPSA) is 29.6 Å². The summed E-state index contributed by atoms with van der Waals surface area (Å²) >= 11 is 5.77. The van der Waals surface area contributed by atoms with Crippen LogP contribution in [0.25, 0.3) is 261 Å². The van der Waals surface area contributed by atoms with Crippen LogP contribution >= 0.6 is 34.4 Å². The average molecular weight is 1830 g/mol. The van der Waals surface area contributed by atoms with Gasteiger partial charge in [-0.15, -0.1) is 22.7 Å². The van der Waals surface area contributed by atoms with Crippen molar-refractivity contribution in [2.45, 2.75) is 15.2 Å². The average Bonchev–Trinajstić information content (AvgIpc) is 1.50. The van der Waals surface area contributed by atoms with Crippen LogP contribution in [0.3, 0.4) is 0 Å². The summed E-state index contributed by atoms with van der Waals surface area (Å²) in [6.45, 7) is 0. The summed E-state index contributed by atoms with van der Waals surface area (Å²) in [5.41, 5.74) is 35.1. The van der Waals surface area contributed by atoms with Crippen LogP contribution in [-0.2, 0) is 5.41 Å². The Labute approximate surface area is 814 Å². The van der Waals surface area contributed by atoms with Crippen molar-refractivity contribution in [3.8, 4) is 78.6 Å². The molecule has 22 aromatic carbocycles. The van der Waals surface area contributed by atoms with E-state index in [1.165, 1.54) is 220 Å². The first-order chi connectivity index (χ1) is 69.5. The maximum absolute atomic E-state index is 2.60. The molecule has 140 heavy (non-hydrogen) atoms. The van der Waals surface area contributed by atoms with Crippen LogP contribution in [0.5, 0.6) is 0 Å². The van der Waals surface area contributed by atoms with Crippen LogP contribution in [0, 0.1) is 0 Å². The van der Waals surface area contributed by atoms with Gasteiger partial charge in [-0.05, 0) is 236 Å². The number of rotatable bonds is 9. The Hall–Kier alpha value is -17.3. The third kappa shape index (κ3) is 10.5. The zero-order chi connectivity index (χ0) is 91.0. The number of thiophene rings is 2. The van der Waals surface area contributed by atoms with Gasteiger partial charge >= 0.3 is 0 Å². The highest BCUT2D eigenvalue weighted by molar-refractivity contribution is 7.99. The molecular weight excluding hydrogens is 1750 g/mol. The lowest BCUT2D eigenvalue weighted by Gasteiger charge is -2.39. The summed E-state index contributed by atoms with van der Waals surface area (Å²) in [5, 5.41) is 22.4. The van der Waals surface area contributed by atoms with Crippen molar-refractivity contribution < 1.29 is 0 Å². The first-order valence-electron chi connectivity index (χ1n) is 48.2. The van der Waals surface area contributed by atoms with Gasteiger partial charge in [0.15, 0.2) is 0 Å². The minimum absolute atomic E-state index is 0.654. The number of aromatic nitrogens is 6. The van der Waals surface area contributed by atoms with E-state index in [-0.39, 0.29) is 0 Å². The number of hydrogen-bond acceptors (Lipinski definition) is 3. The molecule has 0 radical (unpaired) electrons. The summed E-state index contributed by atoms with van der Waals surface area (Å²) in [4.78, 5) is 2.56. The second-order valence-corrected chi connectivity index (χ2v) is 41.1. The molecule has 0 saturated carbocycles. The number of nitrogens with zero attached hydrogens (tertiary/aromatic N) is 6. The lowest BCUT2D eigenvalue weighted by Crippen LogP contribution is -2.32. The van der Waals surface area contributed by atoms with E-state index >= 15 is 0 Å². The molecule has 0 amide bonds. The zero-order valence-electron chi connectivity index (χ0n) is 75.3. The number of fused-ring (bicyclic) bond motifs is 38. The quantitative estimate of drug-likeness (QED) is 0.142. The first kappa shape index (κ1) is 76.9. The predicted molar refractivity (Wildman–Crippen MR) is 593 cm³/mol. The van der Waals surface area contributed by atoms with Crippen molar-refractivity contribution in [3.63, 3.8) is 0 Å². The Bertz CT molecular complexity index is 10600. The van der Waals surface area contributed by atoms with Crippen molar-refractivity contribution in [1.29, 1.82) is 0 Å². The smallest absolute Gasteiger partial charge is 0.0736 e. The van der Waals surface area contributed by atoms with Gasteiger partial charge in [0.1, 0.15) is 0 Å². The largest absolute Gasteiger partial charge is 0.309 e. The normalized spacial score (nSPS) is 13.0. The second-order valence-electron chi connectivity index (χ2n) is 37.9. The van der Waals surface area contributed by atoms with Crippen molar-refractivity contribution in [2.75, 3.05) is 0 Å². The SMILES string of the molecule is c1ccc(-c2ccc(-n3c4ccccc4c4c5sc6c(c7ccccc7c7c6c6ccc(-c8c9c(cc%10c8c8ccccc8n%10-c8ccc(-c%10ccc%11c%12cc%13c(cc%12n(-c%12ccccc%12)c%11c%10)C%10(c%11ccccc%11Sc%11ccccc%11%10)c%10cc%11c(cc%10-%13)c%10ccccc%10n%11-c%10ccccc%10)cc8)sc8cc%10c(cc89)c8ccccc8n%10-c8ccccc8)cc6n7-c6ccccc6)c5ccc43)cc2)cc1. The van der Waals surface area contributed by atoms with Crippen molar-refractivity contribution in [1.82, 2.24) is 27.4 Å². The van der Waals surface area contributed by atoms with Crippen LogP contribution in [0.4, 0.5) is 0 Å². The van der Waals surface area contributed by atoms with Gasteiger partial charge < -0.3 is 27.4 Å². The molecule has 30 aromatic rings. The monoisotopic (exact) mass is 1830 g/mol. The predicted octanol–water partition coefficient (Wildman–Crippen LogP) is 36.0. The molecule has 9 heteroatoms. The van der Waals surface area contributed by atoms with E-state index in [0.29, 0.717) is 0 Å². The molecule has 9 heterocycles. The van der Waals surface area contributed by atoms with Crippen LogP contribution in [-0.4, -0.2) is 27.4 Å². The molecule has 0 bridgehead atoms. The van der Waals surface area contributed by atoms with Crippen molar-refractivity contribution >= 4 is 216 Å². The standard InChI is InChI=1S/C131H76N6S3/c1-6-30-77(31-7-1)78-54-60-86(61-55-78)132-110-51-27-21-45-94(110)125-111(132)67-66-96-123-91-42-16-17-43-92(91)128-127(130(123)140-129(96)125)95-65-59-81(69-113(95)137(128)85-38-14-5-15-39-85)122-124-93-44-20-26-50-109(93)135(117(124)76-121-126(122)102-72-101-89-41-19-25-49-108(89)134(83-34-10-3-11-35-83)116(101)75-120(102)139-121)87-62-56-79(57-63-87)80-58-64-90-100-71-98-97-70-99-88-40-18-24-48-107(88)133(82-32-8-2-9-33-82)114(99)73-105(97)131(103-46-22-28-52-118(103)138-119-53-29-23-47-104(119)131)106(98)74-115(100)136(112(90)68-80)84-36-12-4-13-37-84/h1-76H. The van der Waals surface area contributed by atoms with Crippen LogP contribution in [0.1, 0.15) is 22.3 Å². The molecule has 6 nitrogen and oxygen atoms in total. The number of para-hydroxylation sites is 8. The Morgan fingerprint density at radius 1 is 0.171 bits per heavy atom. The minimum atomic E-state index is -0.654. The van der Waals surface area contributed by atoms with Crippen molar-refractivity contribution in [3.05, 3.63) is 483 Å². The van der Waals surface area contributed by atoms with E-state index < -0.39 is 5.41 Å². The number of hydrogen-bond donors (Lipinski definition) is 0. The minimum Gasteiger partial charge on any atom is -0.309 e. The van der Waals surface area contributed by atoms with Gasteiger partial charge in [-0.25, -0.2) is 0 Å². The van der Waals surface area contributed by atoms with Gasteiger partial charge in [0, 0.05) is 160 Å². The molecule has 1 spiro atoms. The summed E-state index contributed by atoms with van der Waals surface area (Å²) in [7, 11) is 0. The van der Waals surface area contributed by atoms with E-state index in [4.69, 9.17) is 0 Å². The summed E-state index contributed by atoms with van der Waals surface area (Å²) in [6, 6.07) is 175. The fourth-order valence-corrected chi connectivity index (χ4v) is 29.1. The van der Waals surface area contributed by atoms with E-state index in [2.05, 4.69) is 488 Å². The Morgan fingerprint density at radius 2 is 0.550 bits per heavy atom. The van der Waals surface area contributed by atoms with Crippen LogP contribution in [0.15, 0.2) is 471 Å². The third-order valence-electron chi connectivity index (χ3n) is 31.0. The molecular formula is C131H76N6S3. The molecule has 32 rings (SSSR count).